The summed E-state index contributed by atoms with van der Waals surface area (Å²) in [6.07, 6.45) is 1.12. The zero-order valence-electron chi connectivity index (χ0n) is 13.9. The highest BCUT2D eigenvalue weighted by Crippen LogP contribution is 2.14. The van der Waals surface area contributed by atoms with Crippen LogP contribution < -0.4 is 0 Å². The largest absolute Gasteiger partial charge is 0.462 e. The first-order chi connectivity index (χ1) is 11.0. The lowest BCUT2D eigenvalue weighted by molar-refractivity contribution is 0.0526. The van der Waals surface area contributed by atoms with Crippen molar-refractivity contribution < 1.29 is 14.3 Å². The first-order valence-electron chi connectivity index (χ1n) is 7.87. The first kappa shape index (κ1) is 16.9. The van der Waals surface area contributed by atoms with Gasteiger partial charge in [0.05, 0.1) is 12.2 Å². The van der Waals surface area contributed by atoms with Crippen molar-refractivity contribution in [3.8, 4) is 0 Å². The SMILES string of the molecule is CCOC(=O)c1cccc(C(=O)CCc2ccc(C)c(C)c2)c1. The number of benzene rings is 2. The van der Waals surface area contributed by atoms with Crippen LogP contribution in [0.15, 0.2) is 42.5 Å². The summed E-state index contributed by atoms with van der Waals surface area (Å²) in [7, 11) is 0. The number of hydrogen-bond acceptors (Lipinski definition) is 3. The molecule has 0 aliphatic carbocycles. The molecule has 0 heterocycles. The summed E-state index contributed by atoms with van der Waals surface area (Å²) in [5.41, 5.74) is 4.62. The molecule has 0 aliphatic heterocycles. The van der Waals surface area contributed by atoms with E-state index in [0.29, 0.717) is 30.6 Å². The van der Waals surface area contributed by atoms with Gasteiger partial charge in [-0.1, -0.05) is 30.3 Å². The molecule has 3 nitrogen and oxygen atoms in total. The maximum absolute atomic E-state index is 12.4. The van der Waals surface area contributed by atoms with Gasteiger partial charge in [0.1, 0.15) is 0 Å². The average molecular weight is 310 g/mol. The lowest BCUT2D eigenvalue weighted by Gasteiger charge is -2.06. The Kier molecular flexibility index (Phi) is 5.69. The number of aryl methyl sites for hydroxylation is 3. The minimum atomic E-state index is -0.392. The molecule has 3 heteroatoms. The highest BCUT2D eigenvalue weighted by Gasteiger charge is 2.11. The maximum atomic E-state index is 12.4. The van der Waals surface area contributed by atoms with Gasteiger partial charge in [-0.3, -0.25) is 4.79 Å². The Hall–Kier alpha value is -2.42. The molecular weight excluding hydrogens is 288 g/mol. The smallest absolute Gasteiger partial charge is 0.338 e. The predicted octanol–water partition coefficient (Wildman–Crippen LogP) is 4.30. The van der Waals surface area contributed by atoms with Crippen molar-refractivity contribution in [2.24, 2.45) is 0 Å². The molecule has 2 aromatic carbocycles. The molecule has 120 valence electrons. The Balaban J connectivity index is 2.04. The topological polar surface area (TPSA) is 43.4 Å². The quantitative estimate of drug-likeness (QED) is 0.590. The fourth-order valence-corrected chi connectivity index (χ4v) is 2.40. The third-order valence-corrected chi connectivity index (χ3v) is 3.91. The molecule has 0 N–H and O–H groups in total. The van der Waals surface area contributed by atoms with Crippen molar-refractivity contribution in [2.45, 2.75) is 33.6 Å². The van der Waals surface area contributed by atoms with Crippen molar-refractivity contribution in [1.82, 2.24) is 0 Å². The van der Waals surface area contributed by atoms with Crippen LogP contribution in [0.5, 0.6) is 0 Å². The molecule has 0 aromatic heterocycles. The molecule has 0 fully saturated rings. The highest BCUT2D eigenvalue weighted by molar-refractivity contribution is 5.99. The summed E-state index contributed by atoms with van der Waals surface area (Å²) in [5, 5.41) is 0. The van der Waals surface area contributed by atoms with Gasteiger partial charge in [0.15, 0.2) is 5.78 Å². The fourth-order valence-electron chi connectivity index (χ4n) is 2.40. The van der Waals surface area contributed by atoms with Gasteiger partial charge >= 0.3 is 5.97 Å². The molecule has 2 aromatic rings. The number of esters is 1. The molecule has 0 saturated carbocycles. The Morgan fingerprint density at radius 1 is 0.957 bits per heavy atom. The third-order valence-electron chi connectivity index (χ3n) is 3.91. The Bertz CT molecular complexity index is 717. The van der Waals surface area contributed by atoms with Crippen molar-refractivity contribution in [3.63, 3.8) is 0 Å². The molecular formula is C20H22O3. The number of Topliss-reactive ketones (excluding diaryl/α,β-unsaturated/α-hetero) is 1. The number of ketones is 1. The first-order valence-corrected chi connectivity index (χ1v) is 7.87. The molecule has 0 unspecified atom stereocenters. The van der Waals surface area contributed by atoms with Gasteiger partial charge in [-0.25, -0.2) is 4.79 Å². The Morgan fingerprint density at radius 2 is 1.70 bits per heavy atom. The van der Waals surface area contributed by atoms with Gasteiger partial charge in [0, 0.05) is 12.0 Å². The van der Waals surface area contributed by atoms with Gasteiger partial charge < -0.3 is 4.74 Å². The fraction of sp³-hybridized carbons (Fsp3) is 0.300. The highest BCUT2D eigenvalue weighted by atomic mass is 16.5. The molecule has 0 radical (unpaired) electrons. The van der Waals surface area contributed by atoms with Crippen LogP contribution >= 0.6 is 0 Å². The van der Waals surface area contributed by atoms with Gasteiger partial charge in [-0.15, -0.1) is 0 Å². The van der Waals surface area contributed by atoms with Gasteiger partial charge in [-0.2, -0.15) is 0 Å². The van der Waals surface area contributed by atoms with Crippen LogP contribution in [0.4, 0.5) is 0 Å². The number of carbonyl (C=O) groups excluding carboxylic acids is 2. The van der Waals surface area contributed by atoms with E-state index in [9.17, 15) is 9.59 Å². The van der Waals surface area contributed by atoms with Crippen molar-refractivity contribution in [1.29, 1.82) is 0 Å². The molecule has 0 saturated heterocycles. The molecule has 0 amide bonds. The van der Waals surface area contributed by atoms with Crippen LogP contribution in [0, 0.1) is 13.8 Å². The van der Waals surface area contributed by atoms with Crippen LogP contribution in [0.25, 0.3) is 0 Å². The lowest BCUT2D eigenvalue weighted by Crippen LogP contribution is -2.07. The summed E-state index contributed by atoms with van der Waals surface area (Å²) < 4.78 is 4.97. The molecule has 0 bridgehead atoms. The van der Waals surface area contributed by atoms with E-state index < -0.39 is 5.97 Å². The van der Waals surface area contributed by atoms with E-state index in [1.165, 1.54) is 11.1 Å². The molecule has 2 rings (SSSR count). The number of hydrogen-bond donors (Lipinski definition) is 0. The third kappa shape index (κ3) is 4.52. The van der Waals surface area contributed by atoms with Crippen LogP contribution in [0.1, 0.15) is 50.8 Å². The summed E-state index contributed by atoms with van der Waals surface area (Å²) in [5.74, 6) is -0.356. The number of carbonyl (C=O) groups is 2. The van der Waals surface area contributed by atoms with E-state index in [0.717, 1.165) is 5.56 Å². The Labute approximate surface area is 137 Å². The minimum absolute atomic E-state index is 0.0365. The standard InChI is InChI=1S/C20H22O3/c1-4-23-20(22)18-7-5-6-17(13-18)19(21)11-10-16-9-8-14(2)15(3)12-16/h5-9,12-13H,4,10-11H2,1-3H3. The monoisotopic (exact) mass is 310 g/mol. The van der Waals surface area contributed by atoms with E-state index in [1.807, 2.05) is 0 Å². The van der Waals surface area contributed by atoms with Crippen LogP contribution in [0.3, 0.4) is 0 Å². The normalized spacial score (nSPS) is 10.4. The second-order valence-corrected chi connectivity index (χ2v) is 5.64. The molecule has 23 heavy (non-hydrogen) atoms. The van der Waals surface area contributed by atoms with E-state index >= 15 is 0 Å². The molecule has 0 spiro atoms. The second-order valence-electron chi connectivity index (χ2n) is 5.64. The van der Waals surface area contributed by atoms with E-state index in [4.69, 9.17) is 4.74 Å². The van der Waals surface area contributed by atoms with Crippen molar-refractivity contribution in [3.05, 3.63) is 70.3 Å². The number of ether oxygens (including phenoxy) is 1. The second kappa shape index (κ2) is 7.73. The van der Waals surface area contributed by atoms with E-state index in [2.05, 4.69) is 32.0 Å². The van der Waals surface area contributed by atoms with Gasteiger partial charge in [0.2, 0.25) is 0 Å². The summed E-state index contributed by atoms with van der Waals surface area (Å²) >= 11 is 0. The van der Waals surface area contributed by atoms with Crippen LogP contribution in [0.2, 0.25) is 0 Å². The summed E-state index contributed by atoms with van der Waals surface area (Å²) in [4.78, 5) is 24.1. The maximum Gasteiger partial charge on any atom is 0.338 e. The zero-order valence-corrected chi connectivity index (χ0v) is 13.9. The van der Waals surface area contributed by atoms with Gasteiger partial charge in [-0.05, 0) is 56.0 Å². The van der Waals surface area contributed by atoms with Crippen LogP contribution in [-0.2, 0) is 11.2 Å². The van der Waals surface area contributed by atoms with Crippen molar-refractivity contribution >= 4 is 11.8 Å². The predicted molar refractivity (Wildman–Crippen MR) is 91.0 cm³/mol. The van der Waals surface area contributed by atoms with Gasteiger partial charge in [0.25, 0.3) is 0 Å². The van der Waals surface area contributed by atoms with E-state index in [1.54, 1.807) is 31.2 Å². The van der Waals surface area contributed by atoms with Crippen molar-refractivity contribution in [2.75, 3.05) is 6.61 Å². The van der Waals surface area contributed by atoms with E-state index in [-0.39, 0.29) is 5.78 Å². The average Bonchev–Trinajstić information content (AvgIpc) is 2.56. The molecule has 0 aliphatic rings. The van der Waals surface area contributed by atoms with Crippen LogP contribution in [-0.4, -0.2) is 18.4 Å². The zero-order chi connectivity index (χ0) is 16.8. The Morgan fingerprint density at radius 3 is 2.39 bits per heavy atom. The lowest BCUT2D eigenvalue weighted by atomic mass is 9.99. The minimum Gasteiger partial charge on any atom is -0.462 e. The summed E-state index contributed by atoms with van der Waals surface area (Å²) in [6.45, 7) is 6.23. The number of rotatable bonds is 6. The molecule has 0 atom stereocenters. The summed E-state index contributed by atoms with van der Waals surface area (Å²) in [6, 6.07) is 13.0.